The second-order valence-corrected chi connectivity index (χ2v) is 14.1. The maximum atomic E-state index is 14.5. The molecule has 0 bridgehead atoms. The quantitative estimate of drug-likeness (QED) is 0.310. The van der Waals surface area contributed by atoms with E-state index in [1.165, 1.54) is 0 Å². The lowest BCUT2D eigenvalue weighted by Crippen LogP contribution is -2.55. The largest absolute Gasteiger partial charge is 0.396 e. The minimum atomic E-state index is -0.797. The number of hydrogen-bond acceptors (Lipinski definition) is 5. The fourth-order valence-corrected chi connectivity index (χ4v) is 9.65. The van der Waals surface area contributed by atoms with Crippen LogP contribution in [0.1, 0.15) is 64.9 Å². The summed E-state index contributed by atoms with van der Waals surface area (Å²) in [6.45, 7) is 8.48. The zero-order valence-electron chi connectivity index (χ0n) is 24.7. The fourth-order valence-electron chi connectivity index (χ4n) is 7.49. The molecule has 6 atom stereocenters. The summed E-state index contributed by atoms with van der Waals surface area (Å²) in [7, 11) is 0. The molecule has 1 aromatic carbocycles. The first kappa shape index (κ1) is 29.9. The highest BCUT2D eigenvalue weighted by molar-refractivity contribution is 8.02. The van der Waals surface area contributed by atoms with Gasteiger partial charge in [0.25, 0.3) is 0 Å². The molecule has 0 aromatic heterocycles. The highest BCUT2D eigenvalue weighted by atomic mass is 32.2. The second-order valence-electron chi connectivity index (χ2n) is 12.3. The van der Waals surface area contributed by atoms with Crippen LogP contribution in [0.4, 0.5) is 0 Å². The van der Waals surface area contributed by atoms with Crippen molar-refractivity contribution in [2.24, 2.45) is 11.8 Å². The van der Waals surface area contributed by atoms with Gasteiger partial charge in [-0.3, -0.25) is 14.4 Å². The summed E-state index contributed by atoms with van der Waals surface area (Å²) in [5.41, 5.74) is 1.06. The topological polar surface area (TPSA) is 81.2 Å². The molecule has 4 aliphatic heterocycles. The van der Waals surface area contributed by atoms with Crippen LogP contribution in [-0.4, -0.2) is 85.3 Å². The van der Waals surface area contributed by atoms with Crippen molar-refractivity contribution in [3.05, 3.63) is 60.2 Å². The van der Waals surface area contributed by atoms with Crippen molar-refractivity contribution in [2.45, 2.75) is 87.4 Å². The average Bonchev–Trinajstić information content (AvgIpc) is 3.22. The van der Waals surface area contributed by atoms with E-state index < -0.39 is 27.4 Å². The van der Waals surface area contributed by atoms with Gasteiger partial charge in [-0.1, -0.05) is 80.8 Å². The number of aliphatic hydroxyl groups is 1. The summed E-state index contributed by atoms with van der Waals surface area (Å²) in [6.07, 6.45) is 13.6. The maximum absolute atomic E-state index is 14.5. The summed E-state index contributed by atoms with van der Waals surface area (Å²) in [5.74, 6) is -1.22. The molecule has 2 saturated heterocycles. The minimum absolute atomic E-state index is 0.00562. The summed E-state index contributed by atoms with van der Waals surface area (Å²) >= 11 is 1.66. The van der Waals surface area contributed by atoms with Crippen molar-refractivity contribution in [3.8, 4) is 0 Å². The zero-order valence-corrected chi connectivity index (χ0v) is 25.5. The number of aliphatic hydroxyl groups excluding tert-OH is 1. The molecule has 5 rings (SSSR count). The predicted molar refractivity (Wildman–Crippen MR) is 163 cm³/mol. The molecule has 7 nitrogen and oxygen atoms in total. The molecule has 2 unspecified atom stereocenters. The van der Waals surface area contributed by atoms with E-state index in [9.17, 15) is 19.5 Å². The maximum Gasteiger partial charge on any atom is 0.247 e. The smallest absolute Gasteiger partial charge is 0.247 e. The van der Waals surface area contributed by atoms with Crippen LogP contribution in [0.15, 0.2) is 54.6 Å². The molecule has 2 fully saturated rings. The summed E-state index contributed by atoms with van der Waals surface area (Å²) < 4.78 is -1.39. The lowest BCUT2D eigenvalue weighted by atomic mass is 9.74. The number of thioether (sulfide) groups is 1. The SMILES string of the molecule is CCCC(C)N1CC=C[C@]23S[C@]4(C)C=CCN(Cc5ccccc5)C(=O)[C@@H]4[C@H]2C(=O)N(CCCCCCO)C3C1=O. The molecular weight excluding hydrogens is 534 g/mol. The number of carbonyl (C=O) groups excluding carboxylic acids is 3. The predicted octanol–water partition coefficient (Wildman–Crippen LogP) is 4.41. The molecule has 41 heavy (non-hydrogen) atoms. The van der Waals surface area contributed by atoms with Gasteiger partial charge < -0.3 is 19.8 Å². The first-order chi connectivity index (χ1) is 19.8. The molecule has 1 aromatic rings. The van der Waals surface area contributed by atoms with Gasteiger partial charge in [0.05, 0.1) is 16.6 Å². The Kier molecular flexibility index (Phi) is 9.00. The summed E-state index contributed by atoms with van der Waals surface area (Å²) in [5, 5.41) is 9.20. The molecule has 0 saturated carbocycles. The molecule has 222 valence electrons. The Morgan fingerprint density at radius 1 is 0.951 bits per heavy atom. The second kappa shape index (κ2) is 12.3. The van der Waals surface area contributed by atoms with E-state index in [0.29, 0.717) is 26.2 Å². The zero-order chi connectivity index (χ0) is 29.2. The molecule has 4 aliphatic rings. The lowest BCUT2D eigenvalue weighted by molar-refractivity contribution is -0.145. The van der Waals surface area contributed by atoms with Gasteiger partial charge in [-0.2, -0.15) is 0 Å². The molecule has 1 N–H and O–H groups in total. The van der Waals surface area contributed by atoms with Crippen LogP contribution >= 0.6 is 11.8 Å². The van der Waals surface area contributed by atoms with Crippen LogP contribution in [0.5, 0.6) is 0 Å². The average molecular weight is 580 g/mol. The van der Waals surface area contributed by atoms with E-state index in [2.05, 4.69) is 45.1 Å². The van der Waals surface area contributed by atoms with E-state index in [4.69, 9.17) is 0 Å². The van der Waals surface area contributed by atoms with Crippen LogP contribution in [0, 0.1) is 11.8 Å². The Labute approximate surface area is 249 Å². The van der Waals surface area contributed by atoms with E-state index in [1.807, 2.05) is 45.0 Å². The third-order valence-electron chi connectivity index (χ3n) is 9.43. The highest BCUT2D eigenvalue weighted by Gasteiger charge is 2.73. The molecular formula is C33H45N3O4S. The van der Waals surface area contributed by atoms with Crippen molar-refractivity contribution in [1.82, 2.24) is 14.7 Å². The van der Waals surface area contributed by atoms with Gasteiger partial charge >= 0.3 is 0 Å². The number of likely N-dealkylation sites (tertiary alicyclic amines) is 1. The third kappa shape index (κ3) is 5.38. The molecule has 8 heteroatoms. The summed E-state index contributed by atoms with van der Waals surface area (Å²) in [6, 6.07) is 9.43. The third-order valence-corrected chi connectivity index (χ3v) is 11.2. The van der Waals surface area contributed by atoms with Gasteiger partial charge in [0.2, 0.25) is 17.7 Å². The molecule has 1 spiro atoms. The number of benzene rings is 1. The van der Waals surface area contributed by atoms with Crippen molar-refractivity contribution in [2.75, 3.05) is 26.2 Å². The molecule has 0 aliphatic carbocycles. The number of rotatable bonds is 11. The van der Waals surface area contributed by atoms with Crippen LogP contribution in [0.25, 0.3) is 0 Å². The van der Waals surface area contributed by atoms with Crippen LogP contribution in [0.3, 0.4) is 0 Å². The van der Waals surface area contributed by atoms with E-state index in [-0.39, 0.29) is 30.4 Å². The van der Waals surface area contributed by atoms with Crippen LogP contribution < -0.4 is 0 Å². The van der Waals surface area contributed by atoms with Gasteiger partial charge in [-0.15, -0.1) is 11.8 Å². The number of unbranched alkanes of at least 4 members (excludes halogenated alkanes) is 3. The molecule has 3 amide bonds. The van der Waals surface area contributed by atoms with E-state index >= 15 is 0 Å². The highest BCUT2D eigenvalue weighted by Crippen LogP contribution is 2.65. The molecule has 0 radical (unpaired) electrons. The Morgan fingerprint density at radius 2 is 1.68 bits per heavy atom. The number of hydrogen-bond donors (Lipinski definition) is 1. The van der Waals surface area contributed by atoms with E-state index in [0.717, 1.165) is 44.1 Å². The van der Waals surface area contributed by atoms with Crippen molar-refractivity contribution in [3.63, 3.8) is 0 Å². The van der Waals surface area contributed by atoms with E-state index in [1.54, 1.807) is 11.8 Å². The first-order valence-corrected chi connectivity index (χ1v) is 16.2. The van der Waals surface area contributed by atoms with Gasteiger partial charge in [0, 0.05) is 43.6 Å². The lowest BCUT2D eigenvalue weighted by Gasteiger charge is -2.38. The van der Waals surface area contributed by atoms with Crippen molar-refractivity contribution >= 4 is 29.5 Å². The Bertz CT molecular complexity index is 1190. The van der Waals surface area contributed by atoms with Gasteiger partial charge in [-0.05, 0) is 38.7 Å². The number of carbonyl (C=O) groups is 3. The van der Waals surface area contributed by atoms with Crippen molar-refractivity contribution < 1.29 is 19.5 Å². The Balaban J connectivity index is 1.52. The Morgan fingerprint density at radius 3 is 2.41 bits per heavy atom. The number of fused-ring (bicyclic) bond motifs is 2. The normalized spacial score (nSPS) is 31.7. The van der Waals surface area contributed by atoms with Gasteiger partial charge in [-0.25, -0.2) is 0 Å². The van der Waals surface area contributed by atoms with Gasteiger partial charge in [0.15, 0.2) is 0 Å². The first-order valence-electron chi connectivity index (χ1n) is 15.4. The molecule has 4 heterocycles. The standard InChI is InChI=1S/C33H45N3O4S/c1-4-14-24(2)35-21-13-18-33-27(30(39)36(28(33)31(35)40)20-10-5-6-11-22-37)26-29(38)34(19-12-17-32(26,3)41-33)23-25-15-8-7-9-16-25/h7-9,12-13,15-18,24,26-28,37H,4-6,10-11,14,19-23H2,1-3H3/t24?,26-,27-,28?,32+,33-/m0/s1. The number of nitrogens with zero attached hydrogens (tertiary/aromatic N) is 3. The fraction of sp³-hybridized carbons (Fsp3) is 0.606. The Hall–Kier alpha value is -2.58. The van der Waals surface area contributed by atoms with Crippen LogP contribution in [0.2, 0.25) is 0 Å². The summed E-state index contributed by atoms with van der Waals surface area (Å²) in [4.78, 5) is 49.1. The van der Waals surface area contributed by atoms with Crippen LogP contribution in [-0.2, 0) is 20.9 Å². The van der Waals surface area contributed by atoms with Crippen molar-refractivity contribution in [1.29, 1.82) is 0 Å². The number of amides is 3. The monoisotopic (exact) mass is 579 g/mol. The van der Waals surface area contributed by atoms with Gasteiger partial charge in [0.1, 0.15) is 6.04 Å². The minimum Gasteiger partial charge on any atom is -0.396 e.